The van der Waals surface area contributed by atoms with Gasteiger partial charge in [0.05, 0.1) is 6.61 Å². The number of alkyl halides is 6. The number of fused-ring (bicyclic) bond motifs is 2. The predicted molar refractivity (Wildman–Crippen MR) is 55.2 cm³/mol. The molecule has 0 aliphatic heterocycles. The van der Waals surface area contributed by atoms with Gasteiger partial charge < -0.3 is 5.11 Å². The number of aliphatic hydroxyl groups is 1. The molecule has 0 aromatic heterocycles. The Labute approximate surface area is 106 Å². The molecule has 0 saturated heterocycles. The third-order valence-corrected chi connectivity index (χ3v) is 4.31. The molecular formula is C12H14F6O. The van der Waals surface area contributed by atoms with Gasteiger partial charge in [0.25, 0.3) is 0 Å². The molecule has 2 bridgehead atoms. The number of hydrogen-bond acceptors (Lipinski definition) is 1. The highest BCUT2D eigenvalue weighted by atomic mass is 19.4. The molecule has 1 saturated carbocycles. The predicted octanol–water partition coefficient (Wildman–Crippen LogP) is 3.84. The third kappa shape index (κ3) is 2.26. The fourth-order valence-corrected chi connectivity index (χ4v) is 3.09. The lowest BCUT2D eigenvalue weighted by Crippen LogP contribution is -2.53. The van der Waals surface area contributed by atoms with Crippen molar-refractivity contribution in [1.29, 1.82) is 0 Å². The Morgan fingerprint density at radius 2 is 1.63 bits per heavy atom. The topological polar surface area (TPSA) is 20.2 Å². The number of allylic oxidation sites excluding steroid dienone is 2. The quantitative estimate of drug-likeness (QED) is 0.618. The van der Waals surface area contributed by atoms with Crippen LogP contribution in [-0.4, -0.2) is 24.1 Å². The van der Waals surface area contributed by atoms with Gasteiger partial charge in [0, 0.05) is 0 Å². The van der Waals surface area contributed by atoms with E-state index in [0.29, 0.717) is 12.8 Å². The average Bonchev–Trinajstić information content (AvgIpc) is 2.83. The van der Waals surface area contributed by atoms with Crippen LogP contribution >= 0.6 is 0 Å². The summed E-state index contributed by atoms with van der Waals surface area (Å²) in [5.74, 6) is -0.0708. The van der Waals surface area contributed by atoms with E-state index < -0.39 is 30.8 Å². The van der Waals surface area contributed by atoms with E-state index in [4.69, 9.17) is 5.11 Å². The van der Waals surface area contributed by atoms with E-state index in [1.807, 2.05) is 0 Å². The molecule has 0 heterocycles. The van der Waals surface area contributed by atoms with Gasteiger partial charge in [-0.05, 0) is 37.5 Å². The Morgan fingerprint density at radius 3 is 1.95 bits per heavy atom. The van der Waals surface area contributed by atoms with Crippen LogP contribution in [0.4, 0.5) is 26.3 Å². The molecule has 0 spiro atoms. The van der Waals surface area contributed by atoms with Crippen molar-refractivity contribution >= 4 is 0 Å². The van der Waals surface area contributed by atoms with Gasteiger partial charge in [0.2, 0.25) is 0 Å². The molecule has 0 amide bonds. The van der Waals surface area contributed by atoms with Crippen molar-refractivity contribution in [2.45, 2.75) is 38.0 Å². The van der Waals surface area contributed by atoms with Crippen LogP contribution in [-0.2, 0) is 0 Å². The van der Waals surface area contributed by atoms with Crippen LogP contribution in [0.1, 0.15) is 25.7 Å². The summed E-state index contributed by atoms with van der Waals surface area (Å²) in [6.07, 6.45) is -8.53. The summed E-state index contributed by atoms with van der Waals surface area (Å²) < 4.78 is 77.2. The van der Waals surface area contributed by atoms with Crippen LogP contribution in [0.25, 0.3) is 0 Å². The molecule has 19 heavy (non-hydrogen) atoms. The molecule has 1 nitrogen and oxygen atoms in total. The molecular weight excluding hydrogens is 274 g/mol. The minimum atomic E-state index is -5.51. The summed E-state index contributed by atoms with van der Waals surface area (Å²) in [6.45, 7) is -1.96. The molecule has 1 fully saturated rings. The van der Waals surface area contributed by atoms with Crippen LogP contribution in [0.2, 0.25) is 0 Å². The standard InChI is InChI=1S/C12H14F6O/c13-11(14,15)10(6-19,12(16,17)18)5-9-4-7-1-2-8(9)3-7/h4,7-8,19H,1-3,5-6H2. The van der Waals surface area contributed by atoms with E-state index >= 15 is 0 Å². The van der Waals surface area contributed by atoms with Crippen molar-refractivity contribution in [3.05, 3.63) is 11.6 Å². The van der Waals surface area contributed by atoms with Crippen molar-refractivity contribution in [2.24, 2.45) is 17.3 Å². The Balaban J connectivity index is 2.32. The van der Waals surface area contributed by atoms with Gasteiger partial charge in [0.1, 0.15) is 0 Å². The molecule has 2 atom stereocenters. The second-order valence-corrected chi connectivity index (χ2v) is 5.42. The first kappa shape index (κ1) is 14.7. The number of halogens is 6. The zero-order valence-corrected chi connectivity index (χ0v) is 9.98. The van der Waals surface area contributed by atoms with Gasteiger partial charge in [-0.15, -0.1) is 0 Å². The fraction of sp³-hybridized carbons (Fsp3) is 0.833. The van der Waals surface area contributed by atoms with E-state index in [1.165, 1.54) is 6.08 Å². The second kappa shape index (κ2) is 4.40. The van der Waals surface area contributed by atoms with Gasteiger partial charge in [-0.25, -0.2) is 0 Å². The summed E-state index contributed by atoms with van der Waals surface area (Å²) in [5, 5.41) is 8.81. The maximum atomic E-state index is 12.9. The zero-order valence-electron chi connectivity index (χ0n) is 9.98. The van der Waals surface area contributed by atoms with Gasteiger partial charge in [0.15, 0.2) is 5.41 Å². The summed E-state index contributed by atoms with van der Waals surface area (Å²) in [5.41, 5.74) is -3.82. The van der Waals surface area contributed by atoms with Crippen molar-refractivity contribution < 1.29 is 31.4 Å². The van der Waals surface area contributed by atoms with Crippen molar-refractivity contribution in [3.63, 3.8) is 0 Å². The van der Waals surface area contributed by atoms with E-state index in [9.17, 15) is 26.3 Å². The van der Waals surface area contributed by atoms with Crippen LogP contribution in [0.15, 0.2) is 11.6 Å². The molecule has 0 aromatic rings. The van der Waals surface area contributed by atoms with Gasteiger partial charge in [-0.3, -0.25) is 0 Å². The summed E-state index contributed by atoms with van der Waals surface area (Å²) in [7, 11) is 0. The smallest absolute Gasteiger partial charge is 0.395 e. The molecule has 1 N–H and O–H groups in total. The molecule has 0 aromatic carbocycles. The van der Waals surface area contributed by atoms with Gasteiger partial charge in [-0.1, -0.05) is 11.6 Å². The van der Waals surface area contributed by atoms with Crippen LogP contribution < -0.4 is 0 Å². The van der Waals surface area contributed by atoms with Crippen molar-refractivity contribution in [2.75, 3.05) is 6.61 Å². The monoisotopic (exact) mass is 288 g/mol. The maximum absolute atomic E-state index is 12.9. The SMILES string of the molecule is OCC(CC1=CC2CCC1C2)(C(F)(F)F)C(F)(F)F. The molecule has 2 rings (SSSR count). The Hall–Kier alpha value is -0.720. The normalized spacial score (nSPS) is 27.8. The highest BCUT2D eigenvalue weighted by Crippen LogP contribution is 2.57. The van der Waals surface area contributed by atoms with E-state index in [1.54, 1.807) is 0 Å². The molecule has 2 aliphatic carbocycles. The highest BCUT2D eigenvalue weighted by Gasteiger charge is 2.70. The van der Waals surface area contributed by atoms with Gasteiger partial charge in [-0.2, -0.15) is 26.3 Å². The molecule has 7 heteroatoms. The number of rotatable bonds is 3. The zero-order chi connectivity index (χ0) is 14.5. The van der Waals surface area contributed by atoms with Crippen LogP contribution in [0, 0.1) is 17.3 Å². The second-order valence-electron chi connectivity index (χ2n) is 5.42. The Bertz CT molecular complexity index is 367. The fourth-order valence-electron chi connectivity index (χ4n) is 3.09. The summed E-state index contributed by atoms with van der Waals surface area (Å²) in [4.78, 5) is 0. The molecule has 2 unspecified atom stereocenters. The lowest BCUT2D eigenvalue weighted by molar-refractivity contribution is -0.349. The van der Waals surface area contributed by atoms with Crippen LogP contribution in [0.3, 0.4) is 0 Å². The largest absolute Gasteiger partial charge is 0.405 e. The third-order valence-electron chi connectivity index (χ3n) is 4.31. The minimum Gasteiger partial charge on any atom is -0.395 e. The van der Waals surface area contributed by atoms with E-state index in [-0.39, 0.29) is 17.4 Å². The maximum Gasteiger partial charge on any atom is 0.405 e. The summed E-state index contributed by atoms with van der Waals surface area (Å²) in [6, 6.07) is 0. The van der Waals surface area contributed by atoms with Crippen molar-refractivity contribution in [1.82, 2.24) is 0 Å². The van der Waals surface area contributed by atoms with E-state index in [2.05, 4.69) is 0 Å². The first-order valence-corrected chi connectivity index (χ1v) is 6.05. The van der Waals surface area contributed by atoms with Crippen molar-refractivity contribution in [3.8, 4) is 0 Å². The Morgan fingerprint density at radius 1 is 1.05 bits per heavy atom. The first-order chi connectivity index (χ1) is 8.61. The first-order valence-electron chi connectivity index (χ1n) is 6.05. The highest BCUT2D eigenvalue weighted by molar-refractivity contribution is 5.22. The lowest BCUT2D eigenvalue weighted by Gasteiger charge is -2.37. The Kier molecular flexibility index (Phi) is 3.40. The summed E-state index contributed by atoms with van der Waals surface area (Å²) >= 11 is 0. The van der Waals surface area contributed by atoms with Crippen LogP contribution in [0.5, 0.6) is 0 Å². The molecule has 0 radical (unpaired) electrons. The average molecular weight is 288 g/mol. The minimum absolute atomic E-state index is 0.109. The van der Waals surface area contributed by atoms with Gasteiger partial charge >= 0.3 is 12.4 Å². The lowest BCUT2D eigenvalue weighted by atomic mass is 9.77. The number of aliphatic hydroxyl groups excluding tert-OH is 1. The van der Waals surface area contributed by atoms with E-state index in [0.717, 1.165) is 6.42 Å². The molecule has 110 valence electrons. The number of hydrogen-bond donors (Lipinski definition) is 1. The molecule has 2 aliphatic rings.